The molecule has 0 fully saturated rings. The summed E-state index contributed by atoms with van der Waals surface area (Å²) in [6.45, 7) is 8.18. The Morgan fingerprint density at radius 1 is 1.64 bits per heavy atom. The Morgan fingerprint density at radius 2 is 2.36 bits per heavy atom. The fourth-order valence-electron chi connectivity index (χ4n) is 1.99. The van der Waals surface area contributed by atoms with Crippen molar-refractivity contribution in [3.8, 4) is 0 Å². The third-order valence-electron chi connectivity index (χ3n) is 3.00. The molecule has 0 aromatic rings. The van der Waals surface area contributed by atoms with Crippen LogP contribution in [0.3, 0.4) is 0 Å². The second-order valence-electron chi connectivity index (χ2n) is 4.86. The maximum Gasteiger partial charge on any atom is 0.0690 e. The number of hydrogen-bond donors (Lipinski definition) is 1. The standard InChI is InChI=1S/C13H22O/c1-4-12-6-5-8-13(14,10-12)9-7-11(2)3/h4,6,11,14H,1,5,7-10H2,2-3H3. The molecule has 1 aliphatic rings. The molecule has 1 rings (SSSR count). The van der Waals surface area contributed by atoms with Crippen LogP contribution in [0.15, 0.2) is 24.3 Å². The Morgan fingerprint density at radius 3 is 2.93 bits per heavy atom. The van der Waals surface area contributed by atoms with Crippen molar-refractivity contribution >= 4 is 0 Å². The number of rotatable bonds is 4. The predicted molar refractivity (Wildman–Crippen MR) is 61.2 cm³/mol. The van der Waals surface area contributed by atoms with Crippen LogP contribution in [0.1, 0.15) is 46.0 Å². The Hall–Kier alpha value is -0.560. The second kappa shape index (κ2) is 4.79. The molecule has 1 heteroatoms. The van der Waals surface area contributed by atoms with Gasteiger partial charge in [-0.15, -0.1) is 0 Å². The van der Waals surface area contributed by atoms with Crippen LogP contribution in [-0.4, -0.2) is 10.7 Å². The summed E-state index contributed by atoms with van der Waals surface area (Å²) in [5, 5.41) is 10.3. The largest absolute Gasteiger partial charge is 0.390 e. The van der Waals surface area contributed by atoms with Crippen LogP contribution in [0.4, 0.5) is 0 Å². The second-order valence-corrected chi connectivity index (χ2v) is 4.86. The van der Waals surface area contributed by atoms with E-state index in [2.05, 4.69) is 26.5 Å². The van der Waals surface area contributed by atoms with E-state index in [0.29, 0.717) is 5.92 Å². The van der Waals surface area contributed by atoms with E-state index < -0.39 is 5.60 Å². The van der Waals surface area contributed by atoms with Gasteiger partial charge in [-0.05, 0) is 37.2 Å². The van der Waals surface area contributed by atoms with Crippen LogP contribution in [-0.2, 0) is 0 Å². The lowest BCUT2D eigenvalue weighted by Gasteiger charge is -2.32. The summed E-state index contributed by atoms with van der Waals surface area (Å²) in [6.07, 6.45) is 8.81. The Labute approximate surface area is 87.5 Å². The third-order valence-corrected chi connectivity index (χ3v) is 3.00. The number of allylic oxidation sites excluding steroid dienone is 2. The Bertz CT molecular complexity index is 227. The molecule has 0 aromatic heterocycles. The zero-order chi connectivity index (χ0) is 10.6. The highest BCUT2D eigenvalue weighted by atomic mass is 16.3. The van der Waals surface area contributed by atoms with E-state index in [1.165, 1.54) is 5.57 Å². The van der Waals surface area contributed by atoms with Crippen molar-refractivity contribution in [1.82, 2.24) is 0 Å². The number of hydrogen-bond acceptors (Lipinski definition) is 1. The summed E-state index contributed by atoms with van der Waals surface area (Å²) in [7, 11) is 0. The molecule has 0 aliphatic heterocycles. The first kappa shape index (κ1) is 11.5. The van der Waals surface area contributed by atoms with Crippen molar-refractivity contribution in [2.24, 2.45) is 5.92 Å². The zero-order valence-electron chi connectivity index (χ0n) is 9.42. The minimum absolute atomic E-state index is 0.456. The summed E-state index contributed by atoms with van der Waals surface area (Å²) in [6, 6.07) is 0. The minimum atomic E-state index is -0.456. The monoisotopic (exact) mass is 194 g/mol. The van der Waals surface area contributed by atoms with Crippen molar-refractivity contribution in [2.75, 3.05) is 0 Å². The summed E-state index contributed by atoms with van der Waals surface area (Å²) in [4.78, 5) is 0. The molecule has 1 nitrogen and oxygen atoms in total. The lowest BCUT2D eigenvalue weighted by atomic mass is 9.80. The highest BCUT2D eigenvalue weighted by Gasteiger charge is 2.29. The van der Waals surface area contributed by atoms with Gasteiger partial charge in [0.2, 0.25) is 0 Å². The predicted octanol–water partition coefficient (Wildman–Crippen LogP) is 3.45. The Kier molecular flexibility index (Phi) is 3.94. The SMILES string of the molecule is C=CC1=CCCC(O)(CCC(C)C)C1. The highest BCUT2D eigenvalue weighted by Crippen LogP contribution is 2.33. The van der Waals surface area contributed by atoms with Gasteiger partial charge in [-0.25, -0.2) is 0 Å². The normalized spacial score (nSPS) is 27.6. The molecule has 14 heavy (non-hydrogen) atoms. The molecule has 1 unspecified atom stereocenters. The molecule has 0 bridgehead atoms. The molecule has 0 heterocycles. The summed E-state index contributed by atoms with van der Waals surface area (Å²) < 4.78 is 0. The molecule has 0 aromatic carbocycles. The van der Waals surface area contributed by atoms with E-state index in [1.807, 2.05) is 6.08 Å². The molecular weight excluding hydrogens is 172 g/mol. The highest BCUT2D eigenvalue weighted by molar-refractivity contribution is 5.21. The molecule has 1 aliphatic carbocycles. The van der Waals surface area contributed by atoms with Gasteiger partial charge < -0.3 is 5.11 Å². The molecule has 0 radical (unpaired) electrons. The molecule has 0 saturated carbocycles. The molecule has 80 valence electrons. The number of aliphatic hydroxyl groups is 1. The van der Waals surface area contributed by atoms with Crippen molar-refractivity contribution in [2.45, 2.75) is 51.6 Å². The fourth-order valence-corrected chi connectivity index (χ4v) is 1.99. The van der Waals surface area contributed by atoms with Crippen molar-refractivity contribution in [3.05, 3.63) is 24.3 Å². The van der Waals surface area contributed by atoms with Crippen LogP contribution >= 0.6 is 0 Å². The first-order chi connectivity index (χ1) is 6.56. The average molecular weight is 194 g/mol. The molecule has 0 saturated heterocycles. The van der Waals surface area contributed by atoms with Gasteiger partial charge in [0, 0.05) is 6.42 Å². The van der Waals surface area contributed by atoms with Gasteiger partial charge in [-0.3, -0.25) is 0 Å². The molecule has 1 N–H and O–H groups in total. The third kappa shape index (κ3) is 3.30. The quantitative estimate of drug-likeness (QED) is 0.726. The lowest BCUT2D eigenvalue weighted by molar-refractivity contribution is 0.0157. The molecular formula is C13H22O. The van der Waals surface area contributed by atoms with E-state index in [1.54, 1.807) is 0 Å². The van der Waals surface area contributed by atoms with Crippen molar-refractivity contribution in [3.63, 3.8) is 0 Å². The van der Waals surface area contributed by atoms with Crippen LogP contribution < -0.4 is 0 Å². The van der Waals surface area contributed by atoms with Crippen LogP contribution in [0.25, 0.3) is 0 Å². The van der Waals surface area contributed by atoms with Gasteiger partial charge in [-0.2, -0.15) is 0 Å². The van der Waals surface area contributed by atoms with Crippen LogP contribution in [0.5, 0.6) is 0 Å². The summed E-state index contributed by atoms with van der Waals surface area (Å²) >= 11 is 0. The van der Waals surface area contributed by atoms with Crippen LogP contribution in [0.2, 0.25) is 0 Å². The maximum atomic E-state index is 10.3. The van der Waals surface area contributed by atoms with Gasteiger partial charge in [0.15, 0.2) is 0 Å². The topological polar surface area (TPSA) is 20.2 Å². The van der Waals surface area contributed by atoms with E-state index >= 15 is 0 Å². The van der Waals surface area contributed by atoms with E-state index in [0.717, 1.165) is 32.1 Å². The Balaban J connectivity index is 2.50. The minimum Gasteiger partial charge on any atom is -0.390 e. The first-order valence-corrected chi connectivity index (χ1v) is 5.59. The summed E-state index contributed by atoms with van der Waals surface area (Å²) in [5.74, 6) is 0.678. The van der Waals surface area contributed by atoms with Crippen molar-refractivity contribution < 1.29 is 5.11 Å². The van der Waals surface area contributed by atoms with Gasteiger partial charge in [0.25, 0.3) is 0 Å². The van der Waals surface area contributed by atoms with E-state index in [9.17, 15) is 5.11 Å². The van der Waals surface area contributed by atoms with Crippen LogP contribution in [0, 0.1) is 5.92 Å². The molecule has 0 spiro atoms. The molecule has 0 amide bonds. The van der Waals surface area contributed by atoms with Gasteiger partial charge in [0.1, 0.15) is 0 Å². The van der Waals surface area contributed by atoms with Gasteiger partial charge in [0.05, 0.1) is 5.60 Å². The van der Waals surface area contributed by atoms with Gasteiger partial charge in [-0.1, -0.05) is 32.6 Å². The van der Waals surface area contributed by atoms with E-state index in [-0.39, 0.29) is 0 Å². The van der Waals surface area contributed by atoms with Crippen molar-refractivity contribution in [1.29, 1.82) is 0 Å². The first-order valence-electron chi connectivity index (χ1n) is 5.59. The average Bonchev–Trinajstić information content (AvgIpc) is 2.15. The van der Waals surface area contributed by atoms with Gasteiger partial charge >= 0.3 is 0 Å². The molecule has 1 atom stereocenters. The van der Waals surface area contributed by atoms with E-state index in [4.69, 9.17) is 0 Å². The maximum absolute atomic E-state index is 10.3. The zero-order valence-corrected chi connectivity index (χ0v) is 9.42. The summed E-state index contributed by atoms with van der Waals surface area (Å²) in [5.41, 5.74) is 0.755. The smallest absolute Gasteiger partial charge is 0.0690 e. The lowest BCUT2D eigenvalue weighted by Crippen LogP contribution is -2.31. The fraction of sp³-hybridized carbons (Fsp3) is 0.692.